The highest BCUT2D eigenvalue weighted by Gasteiger charge is 2.32. The van der Waals surface area contributed by atoms with Crippen LogP contribution in [0.5, 0.6) is 11.5 Å². The number of aryl methyl sites for hydroxylation is 1. The number of thioether (sulfide) groups is 1. The molecule has 6 nitrogen and oxygen atoms in total. The summed E-state index contributed by atoms with van der Waals surface area (Å²) in [7, 11) is 1.58. The summed E-state index contributed by atoms with van der Waals surface area (Å²) in [4.78, 5) is 26.5. The number of nitrogens with zero attached hydrogens (tertiary/aromatic N) is 1. The molecule has 1 heterocycles. The molecule has 1 fully saturated rings. The Bertz CT molecular complexity index is 1070. The molecule has 8 heteroatoms. The fraction of sp³-hybridized carbons (Fsp3) is 0.320. The van der Waals surface area contributed by atoms with Gasteiger partial charge in [0.05, 0.1) is 25.0 Å². The molecule has 174 valence electrons. The van der Waals surface area contributed by atoms with E-state index in [4.69, 9.17) is 26.4 Å². The van der Waals surface area contributed by atoms with Crippen molar-refractivity contribution in [2.24, 2.45) is 0 Å². The van der Waals surface area contributed by atoms with Gasteiger partial charge in [-0.2, -0.15) is 0 Å². The summed E-state index contributed by atoms with van der Waals surface area (Å²) in [6, 6.07) is 13.6. The molecular formula is C25H27NO5S2. The molecule has 0 radical (unpaired) electrons. The third kappa shape index (κ3) is 6.58. The van der Waals surface area contributed by atoms with Crippen LogP contribution in [0.4, 0.5) is 0 Å². The highest BCUT2D eigenvalue weighted by Crippen LogP contribution is 2.35. The van der Waals surface area contributed by atoms with E-state index < -0.39 is 0 Å². The van der Waals surface area contributed by atoms with Gasteiger partial charge in [0.2, 0.25) is 0 Å². The Labute approximate surface area is 203 Å². The monoisotopic (exact) mass is 485 g/mol. The predicted octanol–water partition coefficient (Wildman–Crippen LogP) is 5.13. The number of rotatable bonds is 10. The van der Waals surface area contributed by atoms with E-state index in [0.717, 1.165) is 23.1 Å². The van der Waals surface area contributed by atoms with Crippen LogP contribution < -0.4 is 9.47 Å². The van der Waals surface area contributed by atoms with Crippen LogP contribution in [-0.4, -0.2) is 41.4 Å². The van der Waals surface area contributed by atoms with Crippen molar-refractivity contribution < 1.29 is 23.8 Å². The fourth-order valence-corrected chi connectivity index (χ4v) is 4.46. The quantitative estimate of drug-likeness (QED) is 0.263. The normalized spacial score (nSPS) is 14.6. The molecule has 0 saturated carbocycles. The molecule has 0 spiro atoms. The molecule has 1 aliphatic rings. The van der Waals surface area contributed by atoms with E-state index in [1.165, 1.54) is 16.7 Å². The van der Waals surface area contributed by atoms with Gasteiger partial charge in [-0.05, 0) is 48.2 Å². The van der Waals surface area contributed by atoms with Crippen LogP contribution in [-0.2, 0) is 20.9 Å². The van der Waals surface area contributed by atoms with Gasteiger partial charge in [0.25, 0.3) is 5.91 Å². The first-order valence-corrected chi connectivity index (χ1v) is 11.9. The van der Waals surface area contributed by atoms with Gasteiger partial charge < -0.3 is 14.2 Å². The Hall–Kier alpha value is -2.84. The molecule has 1 saturated heterocycles. The maximum absolute atomic E-state index is 12.8. The number of methoxy groups -OCH3 is 1. The Morgan fingerprint density at radius 1 is 1.18 bits per heavy atom. The third-order valence-electron chi connectivity index (χ3n) is 5.01. The number of thiocarbonyl (C=S) groups is 1. The van der Waals surface area contributed by atoms with E-state index in [0.29, 0.717) is 33.9 Å². The average Bonchev–Trinajstić information content (AvgIpc) is 3.08. The van der Waals surface area contributed by atoms with Crippen LogP contribution >= 0.6 is 24.0 Å². The van der Waals surface area contributed by atoms with Crippen molar-refractivity contribution in [1.29, 1.82) is 0 Å². The van der Waals surface area contributed by atoms with Gasteiger partial charge in [0, 0.05) is 6.54 Å². The molecule has 1 aliphatic heterocycles. The number of benzene rings is 2. The third-order valence-corrected chi connectivity index (χ3v) is 6.39. The van der Waals surface area contributed by atoms with Crippen molar-refractivity contribution in [1.82, 2.24) is 4.90 Å². The van der Waals surface area contributed by atoms with Gasteiger partial charge in [0.1, 0.15) is 10.9 Å². The van der Waals surface area contributed by atoms with Crippen LogP contribution in [0.1, 0.15) is 36.5 Å². The summed E-state index contributed by atoms with van der Waals surface area (Å²) >= 11 is 6.56. The lowest BCUT2D eigenvalue weighted by atomic mass is 10.1. The van der Waals surface area contributed by atoms with Crippen molar-refractivity contribution in [3.63, 3.8) is 0 Å². The molecule has 3 rings (SSSR count). The van der Waals surface area contributed by atoms with Gasteiger partial charge in [-0.1, -0.05) is 61.2 Å². The zero-order valence-corrected chi connectivity index (χ0v) is 20.6. The molecule has 0 unspecified atom stereocenters. The van der Waals surface area contributed by atoms with E-state index >= 15 is 0 Å². The molecule has 33 heavy (non-hydrogen) atoms. The SMILES string of the molecule is CCCOC(=O)CCN1C(=O)/C(=C/c2ccc(OCc3ccccc3C)c(OC)c2)SC1=S. The van der Waals surface area contributed by atoms with Crippen molar-refractivity contribution in [2.45, 2.75) is 33.3 Å². The molecule has 2 aromatic carbocycles. The summed E-state index contributed by atoms with van der Waals surface area (Å²) in [6.45, 7) is 4.99. The highest BCUT2D eigenvalue weighted by atomic mass is 32.2. The first-order valence-electron chi connectivity index (χ1n) is 10.7. The van der Waals surface area contributed by atoms with E-state index in [-0.39, 0.29) is 24.8 Å². The molecule has 2 aromatic rings. The van der Waals surface area contributed by atoms with Crippen LogP contribution in [0.25, 0.3) is 6.08 Å². The maximum atomic E-state index is 12.8. The van der Waals surface area contributed by atoms with Gasteiger partial charge in [-0.15, -0.1) is 0 Å². The van der Waals surface area contributed by atoms with E-state index in [2.05, 4.69) is 0 Å². The van der Waals surface area contributed by atoms with Gasteiger partial charge in [-0.25, -0.2) is 0 Å². The van der Waals surface area contributed by atoms with Crippen LogP contribution in [0.2, 0.25) is 0 Å². The number of esters is 1. The molecule has 1 amide bonds. The second kappa shape index (κ2) is 11.9. The summed E-state index contributed by atoms with van der Waals surface area (Å²) in [5.41, 5.74) is 3.05. The highest BCUT2D eigenvalue weighted by molar-refractivity contribution is 8.26. The summed E-state index contributed by atoms with van der Waals surface area (Å²) in [5.74, 6) is 0.649. The zero-order chi connectivity index (χ0) is 23.8. The molecule has 0 aliphatic carbocycles. The van der Waals surface area contributed by atoms with Gasteiger partial charge >= 0.3 is 5.97 Å². The van der Waals surface area contributed by atoms with Crippen LogP contribution in [0, 0.1) is 6.92 Å². The smallest absolute Gasteiger partial charge is 0.307 e. The number of carbonyl (C=O) groups is 2. The largest absolute Gasteiger partial charge is 0.493 e. The molecule has 0 aromatic heterocycles. The van der Waals surface area contributed by atoms with Crippen LogP contribution in [0.15, 0.2) is 47.4 Å². The van der Waals surface area contributed by atoms with Crippen LogP contribution in [0.3, 0.4) is 0 Å². The molecule has 0 bridgehead atoms. The summed E-state index contributed by atoms with van der Waals surface area (Å²) in [6.07, 6.45) is 2.64. The Morgan fingerprint density at radius 3 is 2.70 bits per heavy atom. The van der Waals surface area contributed by atoms with E-state index in [9.17, 15) is 9.59 Å². The minimum absolute atomic E-state index is 0.112. The second-order valence-electron chi connectivity index (χ2n) is 7.43. The number of hydrogen-bond donors (Lipinski definition) is 0. The van der Waals surface area contributed by atoms with Crippen molar-refractivity contribution >= 4 is 46.3 Å². The maximum Gasteiger partial charge on any atom is 0.307 e. The number of ether oxygens (including phenoxy) is 3. The number of hydrogen-bond acceptors (Lipinski definition) is 7. The second-order valence-corrected chi connectivity index (χ2v) is 9.11. The number of carbonyl (C=O) groups excluding carboxylic acids is 2. The lowest BCUT2D eigenvalue weighted by Gasteiger charge is -2.13. The van der Waals surface area contributed by atoms with E-state index in [1.807, 2.05) is 56.3 Å². The Balaban J connectivity index is 1.67. The van der Waals surface area contributed by atoms with Crippen molar-refractivity contribution in [3.05, 3.63) is 64.1 Å². The Morgan fingerprint density at radius 2 is 1.97 bits per heavy atom. The minimum atomic E-state index is -0.332. The first kappa shape index (κ1) is 24.8. The molecule has 0 N–H and O–H groups in total. The zero-order valence-electron chi connectivity index (χ0n) is 19.0. The van der Waals surface area contributed by atoms with E-state index in [1.54, 1.807) is 13.2 Å². The van der Waals surface area contributed by atoms with Gasteiger partial charge in [-0.3, -0.25) is 14.5 Å². The predicted molar refractivity (Wildman–Crippen MR) is 134 cm³/mol. The summed E-state index contributed by atoms with van der Waals surface area (Å²) < 4.78 is 17.0. The van der Waals surface area contributed by atoms with Crippen molar-refractivity contribution in [2.75, 3.05) is 20.3 Å². The van der Waals surface area contributed by atoms with Gasteiger partial charge in [0.15, 0.2) is 11.5 Å². The lowest BCUT2D eigenvalue weighted by Crippen LogP contribution is -2.30. The minimum Gasteiger partial charge on any atom is -0.493 e. The summed E-state index contributed by atoms with van der Waals surface area (Å²) in [5, 5.41) is 0. The number of amides is 1. The topological polar surface area (TPSA) is 65.1 Å². The molecule has 0 atom stereocenters. The average molecular weight is 486 g/mol. The molecular weight excluding hydrogens is 458 g/mol. The fourth-order valence-electron chi connectivity index (χ4n) is 3.16. The first-order chi connectivity index (χ1) is 15.9. The Kier molecular flexibility index (Phi) is 8.91. The lowest BCUT2D eigenvalue weighted by molar-refractivity contribution is -0.143. The van der Waals surface area contributed by atoms with Crippen molar-refractivity contribution in [3.8, 4) is 11.5 Å². The standard InChI is InChI=1S/C25H27NO5S2/c1-4-13-30-23(27)11-12-26-24(28)22(33-25(26)32)15-18-9-10-20(21(14-18)29-3)31-16-19-8-6-5-7-17(19)2/h5-10,14-15H,4,11-13,16H2,1-3H3/b22-15-.